The summed E-state index contributed by atoms with van der Waals surface area (Å²) < 4.78 is 39.8. The van der Waals surface area contributed by atoms with E-state index in [1.807, 2.05) is 13.8 Å². The Hall–Kier alpha value is -3.84. The lowest BCUT2D eigenvalue weighted by Gasteiger charge is -2.36. The van der Waals surface area contributed by atoms with Crippen molar-refractivity contribution in [3.05, 3.63) is 63.1 Å². The van der Waals surface area contributed by atoms with Gasteiger partial charge in [-0.25, -0.2) is 8.78 Å². The average molecular weight is 574 g/mol. The third-order valence-electron chi connectivity index (χ3n) is 7.97. The molecule has 1 aromatic carbocycles. The second-order valence-corrected chi connectivity index (χ2v) is 10.8. The highest BCUT2D eigenvalue weighted by atomic mass is 19.1. The van der Waals surface area contributed by atoms with E-state index in [2.05, 4.69) is 15.5 Å². The molecule has 2 fully saturated rings. The maximum atomic E-state index is 14.1. The number of hydrogen-bond acceptors (Lipinski definition) is 8. The monoisotopic (exact) mass is 573 g/mol. The van der Waals surface area contributed by atoms with Crippen LogP contribution in [0.15, 0.2) is 29.2 Å². The minimum Gasteiger partial charge on any atom is -0.451 e. The van der Waals surface area contributed by atoms with Crippen molar-refractivity contribution in [1.82, 2.24) is 25.0 Å². The number of nitrogens with one attached hydrogen (secondary N) is 2. The fraction of sp³-hybridized carbons (Fsp3) is 0.500. The number of carbonyl (C=O) groups is 3. The first-order chi connectivity index (χ1) is 19.6. The summed E-state index contributed by atoms with van der Waals surface area (Å²) in [5.74, 6) is -3.92. The third kappa shape index (κ3) is 5.43. The zero-order valence-corrected chi connectivity index (χ0v) is 23.1. The van der Waals surface area contributed by atoms with E-state index >= 15 is 0 Å². The van der Waals surface area contributed by atoms with Crippen LogP contribution in [-0.2, 0) is 22.6 Å². The predicted molar refractivity (Wildman–Crippen MR) is 142 cm³/mol. The average Bonchev–Trinajstić information content (AvgIpc) is 3.52. The number of aromatic nitrogens is 1. The maximum Gasteiger partial charge on any atom is 0.326 e. The molecule has 0 saturated carbocycles. The normalized spacial score (nSPS) is 20.4. The van der Waals surface area contributed by atoms with Crippen molar-refractivity contribution in [3.63, 3.8) is 0 Å². The number of halogens is 2. The van der Waals surface area contributed by atoms with Gasteiger partial charge in [0.05, 0.1) is 6.54 Å². The number of amides is 2. The molecule has 3 aliphatic rings. The molecule has 0 aliphatic carbocycles. The minimum atomic E-state index is -0.870. The summed E-state index contributed by atoms with van der Waals surface area (Å²) >= 11 is 0. The van der Waals surface area contributed by atoms with Gasteiger partial charge in [-0.05, 0) is 31.9 Å². The van der Waals surface area contributed by atoms with E-state index in [0.717, 1.165) is 25.5 Å². The van der Waals surface area contributed by atoms with Crippen molar-refractivity contribution in [3.8, 4) is 5.75 Å². The topological polar surface area (TPSA) is 122 Å². The van der Waals surface area contributed by atoms with Crippen LogP contribution in [0.4, 0.5) is 8.78 Å². The van der Waals surface area contributed by atoms with Gasteiger partial charge in [0.1, 0.15) is 29.4 Å². The number of nitrogens with zero attached hydrogens (tertiary/aromatic N) is 3. The molecule has 11 nitrogen and oxygen atoms in total. The quantitative estimate of drug-likeness (QED) is 0.342. The third-order valence-corrected chi connectivity index (χ3v) is 7.97. The van der Waals surface area contributed by atoms with Gasteiger partial charge in [-0.1, -0.05) is 19.9 Å². The lowest BCUT2D eigenvalue weighted by atomic mass is 10.1. The number of fused-ring (bicyclic) bond motifs is 4. The van der Waals surface area contributed by atoms with Crippen LogP contribution in [-0.4, -0.2) is 77.3 Å². The van der Waals surface area contributed by atoms with Crippen LogP contribution >= 0.6 is 0 Å². The van der Waals surface area contributed by atoms with Gasteiger partial charge in [0, 0.05) is 43.5 Å². The number of carbonyl (C=O) groups excluding carboxylic acids is 3. The number of esters is 1. The van der Waals surface area contributed by atoms with Crippen LogP contribution in [0.25, 0.3) is 0 Å². The van der Waals surface area contributed by atoms with Crippen molar-refractivity contribution in [2.24, 2.45) is 5.92 Å². The van der Waals surface area contributed by atoms with Crippen molar-refractivity contribution in [2.45, 2.75) is 58.0 Å². The SMILES string of the molecule is CN[C@H](C(=O)OCOc1c2n(cc(C(=O)NCc3ccc(F)cc3F)c1=O)C[C@@H]1N(C[C@H]3CCCN31)C2=O)C(C)C. The van der Waals surface area contributed by atoms with E-state index in [4.69, 9.17) is 9.47 Å². The van der Waals surface area contributed by atoms with Crippen LogP contribution in [0.5, 0.6) is 5.75 Å². The number of hydrogen-bond donors (Lipinski definition) is 2. The lowest BCUT2D eigenvalue weighted by molar-refractivity contribution is -0.153. The van der Waals surface area contributed by atoms with Gasteiger partial charge in [-0.15, -0.1) is 0 Å². The molecule has 2 amide bonds. The summed E-state index contributed by atoms with van der Waals surface area (Å²) in [7, 11) is 1.62. The zero-order valence-electron chi connectivity index (χ0n) is 23.1. The van der Waals surface area contributed by atoms with Gasteiger partial charge >= 0.3 is 5.97 Å². The van der Waals surface area contributed by atoms with Gasteiger partial charge in [-0.3, -0.25) is 24.1 Å². The van der Waals surface area contributed by atoms with E-state index in [1.54, 1.807) is 11.9 Å². The first-order valence-electron chi connectivity index (χ1n) is 13.6. The summed E-state index contributed by atoms with van der Waals surface area (Å²) in [5, 5.41) is 5.34. The molecular formula is C28H33F2N5O6. The first-order valence-corrected chi connectivity index (χ1v) is 13.6. The molecule has 0 bridgehead atoms. The molecule has 4 heterocycles. The highest BCUT2D eigenvalue weighted by Crippen LogP contribution is 2.35. The molecule has 3 atom stereocenters. The molecule has 5 rings (SSSR count). The Balaban J connectivity index is 1.44. The molecule has 220 valence electrons. The Morgan fingerprint density at radius 1 is 1.17 bits per heavy atom. The number of benzene rings is 1. The molecule has 2 aromatic rings. The van der Waals surface area contributed by atoms with Crippen LogP contribution < -0.4 is 20.8 Å². The molecule has 2 N–H and O–H groups in total. The Bertz CT molecular complexity index is 1430. The molecule has 0 unspecified atom stereocenters. The second-order valence-electron chi connectivity index (χ2n) is 10.8. The maximum absolute atomic E-state index is 14.1. The number of pyridine rings is 1. The molecule has 2 saturated heterocycles. The Kier molecular flexibility index (Phi) is 8.09. The molecule has 0 spiro atoms. The van der Waals surface area contributed by atoms with E-state index < -0.39 is 53.4 Å². The second kappa shape index (κ2) is 11.6. The van der Waals surface area contributed by atoms with Crippen LogP contribution in [0, 0.1) is 17.6 Å². The molecule has 41 heavy (non-hydrogen) atoms. The summed E-state index contributed by atoms with van der Waals surface area (Å²) in [4.78, 5) is 56.8. The van der Waals surface area contributed by atoms with Gasteiger partial charge in [-0.2, -0.15) is 0 Å². The summed E-state index contributed by atoms with van der Waals surface area (Å²) in [6, 6.07) is 2.57. The van der Waals surface area contributed by atoms with Gasteiger partial charge in [0.15, 0.2) is 5.69 Å². The highest BCUT2D eigenvalue weighted by Gasteiger charge is 2.48. The molecule has 1 aromatic heterocycles. The van der Waals surface area contributed by atoms with E-state index in [1.165, 1.54) is 16.8 Å². The van der Waals surface area contributed by atoms with Crippen LogP contribution in [0.1, 0.15) is 53.1 Å². The molecular weight excluding hydrogens is 540 g/mol. The standard InChI is InChI=1S/C28H33F2N5O6/c1-15(2)22(31-3)28(39)41-14-40-25-23-27(38)35-11-18-5-4-8-34(18)21(35)13-33(23)12-19(24(25)36)26(37)32-10-16-6-7-17(29)9-20(16)30/h6-7,9,12,15,18,21-22,31H,4-5,8,10-11,13-14H2,1-3H3,(H,32,37)/t18-,21+,22+/m1/s1. The van der Waals surface area contributed by atoms with E-state index in [9.17, 15) is 28.0 Å². The Morgan fingerprint density at radius 3 is 2.66 bits per heavy atom. The highest BCUT2D eigenvalue weighted by molar-refractivity contribution is 5.99. The zero-order chi connectivity index (χ0) is 29.4. The molecule has 0 radical (unpaired) electrons. The number of ether oxygens (including phenoxy) is 2. The smallest absolute Gasteiger partial charge is 0.326 e. The summed E-state index contributed by atoms with van der Waals surface area (Å²) in [5.41, 5.74) is -1.20. The fourth-order valence-electron chi connectivity index (χ4n) is 5.90. The van der Waals surface area contributed by atoms with Crippen molar-refractivity contribution < 1.29 is 32.6 Å². The largest absolute Gasteiger partial charge is 0.451 e. The fourth-order valence-corrected chi connectivity index (χ4v) is 5.90. The van der Waals surface area contributed by atoms with Gasteiger partial charge < -0.3 is 29.6 Å². The summed E-state index contributed by atoms with van der Waals surface area (Å²) in [6.07, 6.45) is 3.06. The van der Waals surface area contributed by atoms with Gasteiger partial charge in [0.25, 0.3) is 11.8 Å². The van der Waals surface area contributed by atoms with Crippen molar-refractivity contribution in [1.29, 1.82) is 0 Å². The number of rotatable bonds is 9. The predicted octanol–water partition coefficient (Wildman–Crippen LogP) is 1.44. The minimum absolute atomic E-state index is 0.0290. The van der Waals surface area contributed by atoms with E-state index in [0.29, 0.717) is 19.2 Å². The van der Waals surface area contributed by atoms with Crippen molar-refractivity contribution in [2.75, 3.05) is 26.9 Å². The first kappa shape index (κ1) is 28.7. The van der Waals surface area contributed by atoms with E-state index in [-0.39, 0.29) is 41.5 Å². The summed E-state index contributed by atoms with van der Waals surface area (Å²) in [6.45, 7) is 4.39. The van der Waals surface area contributed by atoms with Gasteiger partial charge in [0.2, 0.25) is 18.0 Å². The Labute approximate surface area is 235 Å². The molecule has 3 aliphatic heterocycles. The lowest BCUT2D eigenvalue weighted by Crippen LogP contribution is -2.51. The van der Waals surface area contributed by atoms with Crippen LogP contribution in [0.3, 0.4) is 0 Å². The van der Waals surface area contributed by atoms with Crippen molar-refractivity contribution >= 4 is 17.8 Å². The molecule has 13 heteroatoms. The Morgan fingerprint density at radius 2 is 1.95 bits per heavy atom. The number of likely N-dealkylation sites (N-methyl/N-ethyl adjacent to an activating group) is 1. The van der Waals surface area contributed by atoms with Crippen LogP contribution in [0.2, 0.25) is 0 Å².